The van der Waals surface area contributed by atoms with Crippen LogP contribution in [-0.2, 0) is 4.79 Å². The number of likely N-dealkylation sites (tertiary alicyclic amines) is 1. The fourth-order valence-electron chi connectivity index (χ4n) is 2.91. The molecular weight excluding hydrogens is 188 g/mol. The van der Waals surface area contributed by atoms with Gasteiger partial charge >= 0.3 is 0 Å². The minimum atomic E-state index is 0.418. The van der Waals surface area contributed by atoms with E-state index >= 15 is 0 Å². The fourth-order valence-corrected chi connectivity index (χ4v) is 2.91. The van der Waals surface area contributed by atoms with Crippen LogP contribution in [0.1, 0.15) is 32.1 Å². The number of hydrogen-bond acceptors (Lipinski definition) is 2. The molecule has 3 aliphatic rings. The molecule has 0 aromatic carbocycles. The van der Waals surface area contributed by atoms with Crippen LogP contribution >= 0.6 is 0 Å². The van der Waals surface area contributed by atoms with E-state index in [2.05, 4.69) is 10.2 Å². The van der Waals surface area contributed by atoms with Crippen molar-refractivity contribution >= 4 is 5.91 Å². The molecule has 3 heteroatoms. The molecule has 3 nitrogen and oxygen atoms in total. The van der Waals surface area contributed by atoms with Crippen molar-refractivity contribution in [2.75, 3.05) is 26.2 Å². The Morgan fingerprint density at radius 2 is 1.93 bits per heavy atom. The van der Waals surface area contributed by atoms with Gasteiger partial charge in [-0.15, -0.1) is 0 Å². The van der Waals surface area contributed by atoms with Crippen molar-refractivity contribution in [2.24, 2.45) is 11.3 Å². The van der Waals surface area contributed by atoms with E-state index in [1.807, 2.05) is 0 Å². The van der Waals surface area contributed by atoms with Crippen LogP contribution in [-0.4, -0.2) is 37.0 Å². The van der Waals surface area contributed by atoms with Gasteiger partial charge in [0.25, 0.3) is 0 Å². The highest BCUT2D eigenvalue weighted by molar-refractivity contribution is 5.77. The molecule has 0 aromatic rings. The van der Waals surface area contributed by atoms with Crippen molar-refractivity contribution in [3.8, 4) is 0 Å². The van der Waals surface area contributed by atoms with E-state index in [0.717, 1.165) is 38.5 Å². The second-order valence-corrected chi connectivity index (χ2v) is 5.65. The fraction of sp³-hybridized carbons (Fsp3) is 0.917. The van der Waals surface area contributed by atoms with Gasteiger partial charge in [0.2, 0.25) is 5.91 Å². The summed E-state index contributed by atoms with van der Waals surface area (Å²) in [6.07, 6.45) is 5.93. The van der Waals surface area contributed by atoms with Crippen LogP contribution in [0, 0.1) is 11.3 Å². The number of carbonyl (C=O) groups excluding carboxylic acids is 1. The summed E-state index contributed by atoms with van der Waals surface area (Å²) in [5.41, 5.74) is 0.504. The predicted octanol–water partition coefficient (Wildman–Crippen LogP) is 0.998. The third kappa shape index (κ3) is 1.89. The van der Waals surface area contributed by atoms with E-state index in [-0.39, 0.29) is 0 Å². The van der Waals surface area contributed by atoms with Crippen LogP contribution in [0.25, 0.3) is 0 Å². The van der Waals surface area contributed by atoms with Crippen LogP contribution < -0.4 is 5.32 Å². The monoisotopic (exact) mass is 208 g/mol. The predicted molar refractivity (Wildman–Crippen MR) is 58.5 cm³/mol. The number of hydrogen-bond donors (Lipinski definition) is 1. The maximum atomic E-state index is 11.8. The molecule has 0 radical (unpaired) electrons. The van der Waals surface area contributed by atoms with Gasteiger partial charge in [0.15, 0.2) is 0 Å². The zero-order valence-corrected chi connectivity index (χ0v) is 9.30. The lowest BCUT2D eigenvalue weighted by Gasteiger charge is -2.52. The molecule has 0 bridgehead atoms. The second-order valence-electron chi connectivity index (χ2n) is 5.65. The highest BCUT2D eigenvalue weighted by atomic mass is 16.2. The molecule has 1 N–H and O–H groups in total. The highest BCUT2D eigenvalue weighted by Gasteiger charge is 2.45. The first-order valence-electron chi connectivity index (χ1n) is 6.26. The van der Waals surface area contributed by atoms with Gasteiger partial charge in [0, 0.05) is 24.9 Å². The molecule has 84 valence electrons. The molecule has 1 spiro atoms. The number of nitrogens with one attached hydrogen (secondary N) is 1. The number of amides is 1. The molecule has 0 atom stereocenters. The average molecular weight is 208 g/mol. The van der Waals surface area contributed by atoms with E-state index in [0.29, 0.717) is 11.3 Å². The lowest BCUT2D eigenvalue weighted by molar-refractivity contribution is -0.145. The lowest BCUT2D eigenvalue weighted by Crippen LogP contribution is -2.61. The Morgan fingerprint density at radius 3 is 2.53 bits per heavy atom. The zero-order valence-electron chi connectivity index (χ0n) is 9.30. The van der Waals surface area contributed by atoms with E-state index in [9.17, 15) is 4.79 Å². The van der Waals surface area contributed by atoms with Gasteiger partial charge in [0.1, 0.15) is 0 Å². The SMILES string of the molecule is O=C(CC1CC1)N1CC2(CCNCC2)C1. The summed E-state index contributed by atoms with van der Waals surface area (Å²) < 4.78 is 0. The first kappa shape index (κ1) is 9.64. The Labute approximate surface area is 91.2 Å². The molecule has 3 fully saturated rings. The van der Waals surface area contributed by atoms with Crippen molar-refractivity contribution in [2.45, 2.75) is 32.1 Å². The zero-order chi connectivity index (χ0) is 10.3. The molecule has 1 saturated carbocycles. The summed E-state index contributed by atoms with van der Waals surface area (Å²) in [6.45, 7) is 4.37. The van der Waals surface area contributed by atoms with Crippen LogP contribution in [0.3, 0.4) is 0 Å². The summed E-state index contributed by atoms with van der Waals surface area (Å²) in [5.74, 6) is 1.16. The van der Waals surface area contributed by atoms with Gasteiger partial charge in [-0.25, -0.2) is 0 Å². The van der Waals surface area contributed by atoms with E-state index in [1.165, 1.54) is 25.7 Å². The molecule has 0 unspecified atom stereocenters. The maximum Gasteiger partial charge on any atom is 0.222 e. The molecule has 1 aliphatic carbocycles. The largest absolute Gasteiger partial charge is 0.341 e. The van der Waals surface area contributed by atoms with Crippen LogP contribution in [0.2, 0.25) is 0 Å². The Morgan fingerprint density at radius 1 is 1.27 bits per heavy atom. The van der Waals surface area contributed by atoms with Gasteiger partial charge < -0.3 is 10.2 Å². The first-order valence-corrected chi connectivity index (χ1v) is 6.26. The van der Waals surface area contributed by atoms with Gasteiger partial charge in [-0.1, -0.05) is 0 Å². The molecule has 3 rings (SSSR count). The summed E-state index contributed by atoms with van der Waals surface area (Å²) in [6, 6.07) is 0. The van der Waals surface area contributed by atoms with E-state index < -0.39 is 0 Å². The van der Waals surface area contributed by atoms with Crippen LogP contribution in [0.5, 0.6) is 0 Å². The van der Waals surface area contributed by atoms with Crippen molar-refractivity contribution in [1.82, 2.24) is 10.2 Å². The molecular formula is C12H20N2O. The van der Waals surface area contributed by atoms with Crippen molar-refractivity contribution in [1.29, 1.82) is 0 Å². The van der Waals surface area contributed by atoms with Gasteiger partial charge in [0.05, 0.1) is 0 Å². The summed E-state index contributed by atoms with van der Waals surface area (Å²) in [7, 11) is 0. The molecule has 15 heavy (non-hydrogen) atoms. The smallest absolute Gasteiger partial charge is 0.222 e. The minimum absolute atomic E-state index is 0.418. The Balaban J connectivity index is 1.49. The third-order valence-corrected chi connectivity index (χ3v) is 4.23. The number of nitrogens with zero attached hydrogens (tertiary/aromatic N) is 1. The van der Waals surface area contributed by atoms with Crippen molar-refractivity contribution in [3.05, 3.63) is 0 Å². The first-order chi connectivity index (χ1) is 7.27. The summed E-state index contributed by atoms with van der Waals surface area (Å²) in [5, 5.41) is 3.39. The summed E-state index contributed by atoms with van der Waals surface area (Å²) >= 11 is 0. The van der Waals surface area contributed by atoms with Crippen LogP contribution in [0.4, 0.5) is 0 Å². The van der Waals surface area contributed by atoms with Gasteiger partial charge in [-0.2, -0.15) is 0 Å². The highest BCUT2D eigenvalue weighted by Crippen LogP contribution is 2.40. The lowest BCUT2D eigenvalue weighted by atomic mass is 9.72. The molecule has 1 amide bonds. The Hall–Kier alpha value is -0.570. The molecule has 2 saturated heterocycles. The normalized spacial score (nSPS) is 28.9. The quantitative estimate of drug-likeness (QED) is 0.734. The van der Waals surface area contributed by atoms with E-state index in [4.69, 9.17) is 0 Å². The minimum Gasteiger partial charge on any atom is -0.341 e. The van der Waals surface area contributed by atoms with Crippen LogP contribution in [0.15, 0.2) is 0 Å². The van der Waals surface area contributed by atoms with Gasteiger partial charge in [-0.05, 0) is 44.7 Å². The van der Waals surface area contributed by atoms with Crippen molar-refractivity contribution < 1.29 is 4.79 Å². The van der Waals surface area contributed by atoms with Gasteiger partial charge in [-0.3, -0.25) is 4.79 Å². The maximum absolute atomic E-state index is 11.8. The topological polar surface area (TPSA) is 32.3 Å². The number of carbonyl (C=O) groups is 1. The average Bonchev–Trinajstić information content (AvgIpc) is 2.99. The number of rotatable bonds is 2. The second kappa shape index (κ2) is 3.48. The molecule has 2 heterocycles. The Kier molecular flexibility index (Phi) is 2.23. The molecule has 0 aromatic heterocycles. The van der Waals surface area contributed by atoms with E-state index in [1.54, 1.807) is 0 Å². The third-order valence-electron chi connectivity index (χ3n) is 4.23. The summed E-state index contributed by atoms with van der Waals surface area (Å²) in [4.78, 5) is 13.9. The molecule has 2 aliphatic heterocycles. The number of piperidine rings is 1. The van der Waals surface area contributed by atoms with Crippen molar-refractivity contribution in [3.63, 3.8) is 0 Å². The standard InChI is InChI=1S/C12H20N2O/c15-11(7-10-1-2-10)14-8-12(9-14)3-5-13-6-4-12/h10,13H,1-9H2. The Bertz CT molecular complexity index is 259.